The molecular weight excluding hydrogens is 469 g/mol. The molecule has 3 saturated carbocycles. The van der Waals surface area contributed by atoms with Crippen LogP contribution in [-0.4, -0.2) is 45.9 Å². The topological polar surface area (TPSA) is 114 Å². The van der Waals surface area contributed by atoms with Gasteiger partial charge in [0.25, 0.3) is 11.8 Å². The lowest BCUT2D eigenvalue weighted by Gasteiger charge is -2.56. The van der Waals surface area contributed by atoms with Crippen molar-refractivity contribution < 1.29 is 24.0 Å². The smallest absolute Gasteiger partial charge is 0.290 e. The maximum atomic E-state index is 12.7. The standard InChI is InChI=1S/C23H27Cl2N3O5/c1-13(2)17-10-18(33-28-17)21(31)27-22-5-7-23(8-6-22,19(29)11-22)26-20(30)12-32-14-3-4-15(24)16(25)9-14/h3-4,9-10,13,19,29H,5-8,11-12H2,1-2H3,(H,26,30)(H,27,31). The molecule has 3 N–H and O–H groups in total. The van der Waals surface area contributed by atoms with Crippen LogP contribution in [0.1, 0.15) is 68.1 Å². The Balaban J connectivity index is 1.34. The summed E-state index contributed by atoms with van der Waals surface area (Å²) in [4.78, 5) is 25.3. The number of amides is 2. The van der Waals surface area contributed by atoms with Gasteiger partial charge in [0.2, 0.25) is 5.76 Å². The minimum atomic E-state index is -0.796. The molecule has 178 valence electrons. The SMILES string of the molecule is CC(C)c1cc(C(=O)NC23CCC(NC(=O)COc4ccc(Cl)c(Cl)c4)(CC2)C(O)C3)on1. The minimum Gasteiger partial charge on any atom is -0.484 e. The number of aromatic nitrogens is 1. The summed E-state index contributed by atoms with van der Waals surface area (Å²) < 4.78 is 10.7. The minimum absolute atomic E-state index is 0.157. The predicted octanol–water partition coefficient (Wildman–Crippen LogP) is 3.85. The number of nitrogens with one attached hydrogen (secondary N) is 2. The molecule has 1 aromatic carbocycles. The molecule has 3 aliphatic rings. The molecule has 0 aliphatic heterocycles. The molecule has 2 bridgehead atoms. The molecule has 0 spiro atoms. The van der Waals surface area contributed by atoms with Gasteiger partial charge in [0.1, 0.15) is 5.75 Å². The number of fused-ring (bicyclic) bond motifs is 3. The average Bonchev–Trinajstić information content (AvgIpc) is 3.27. The molecule has 10 heteroatoms. The van der Waals surface area contributed by atoms with Crippen molar-refractivity contribution in [2.24, 2.45) is 0 Å². The zero-order valence-electron chi connectivity index (χ0n) is 18.5. The number of nitrogens with zero attached hydrogens (tertiary/aromatic N) is 1. The Hall–Kier alpha value is -2.29. The van der Waals surface area contributed by atoms with Crippen molar-refractivity contribution in [2.45, 2.75) is 69.1 Å². The molecule has 3 aliphatic carbocycles. The highest BCUT2D eigenvalue weighted by Gasteiger charge is 2.55. The van der Waals surface area contributed by atoms with Crippen LogP contribution in [0.15, 0.2) is 28.8 Å². The molecule has 1 atom stereocenters. The summed E-state index contributed by atoms with van der Waals surface area (Å²) in [7, 11) is 0. The van der Waals surface area contributed by atoms with E-state index in [1.165, 1.54) is 0 Å². The van der Waals surface area contributed by atoms with Gasteiger partial charge >= 0.3 is 0 Å². The van der Waals surface area contributed by atoms with E-state index >= 15 is 0 Å². The lowest BCUT2D eigenvalue weighted by molar-refractivity contribution is -0.132. The molecule has 0 saturated heterocycles. The van der Waals surface area contributed by atoms with Gasteiger partial charge in [-0.15, -0.1) is 0 Å². The first kappa shape index (κ1) is 23.9. The number of carbonyl (C=O) groups is 2. The highest BCUT2D eigenvalue weighted by molar-refractivity contribution is 6.42. The second kappa shape index (κ2) is 9.16. The summed E-state index contributed by atoms with van der Waals surface area (Å²) in [6.07, 6.45) is 1.90. The van der Waals surface area contributed by atoms with E-state index in [1.54, 1.807) is 24.3 Å². The van der Waals surface area contributed by atoms with Gasteiger partial charge < -0.3 is 25.0 Å². The molecule has 5 rings (SSSR count). The number of benzene rings is 1. The van der Waals surface area contributed by atoms with Crippen LogP contribution < -0.4 is 15.4 Å². The number of aliphatic hydroxyl groups is 1. The average molecular weight is 496 g/mol. The molecule has 2 aromatic rings. The molecule has 8 nitrogen and oxygen atoms in total. The summed E-state index contributed by atoms with van der Waals surface area (Å²) in [5, 5.41) is 21.6. The van der Waals surface area contributed by atoms with E-state index in [0.29, 0.717) is 47.9 Å². The van der Waals surface area contributed by atoms with Crippen molar-refractivity contribution in [3.8, 4) is 5.75 Å². The van der Waals surface area contributed by atoms with Crippen LogP contribution in [0.5, 0.6) is 5.75 Å². The van der Waals surface area contributed by atoms with Gasteiger partial charge in [0.15, 0.2) is 6.61 Å². The Labute approximate surface area is 201 Å². The van der Waals surface area contributed by atoms with Crippen LogP contribution in [0, 0.1) is 0 Å². The van der Waals surface area contributed by atoms with Crippen molar-refractivity contribution in [3.63, 3.8) is 0 Å². The van der Waals surface area contributed by atoms with E-state index in [0.717, 1.165) is 5.69 Å². The van der Waals surface area contributed by atoms with E-state index in [9.17, 15) is 14.7 Å². The third kappa shape index (κ3) is 4.98. The molecule has 0 radical (unpaired) electrons. The van der Waals surface area contributed by atoms with Crippen molar-refractivity contribution in [1.29, 1.82) is 0 Å². The number of ether oxygens (including phenoxy) is 1. The van der Waals surface area contributed by atoms with Crippen LogP contribution in [0.4, 0.5) is 0 Å². The monoisotopic (exact) mass is 495 g/mol. The maximum Gasteiger partial charge on any atom is 0.290 e. The zero-order chi connectivity index (χ0) is 23.8. The number of hydrogen-bond acceptors (Lipinski definition) is 6. The quantitative estimate of drug-likeness (QED) is 0.537. The lowest BCUT2D eigenvalue weighted by Crippen LogP contribution is -2.70. The van der Waals surface area contributed by atoms with Crippen LogP contribution >= 0.6 is 23.2 Å². The zero-order valence-corrected chi connectivity index (χ0v) is 20.0. The summed E-state index contributed by atoms with van der Waals surface area (Å²) in [6.45, 7) is 3.73. The first-order valence-electron chi connectivity index (χ1n) is 11.0. The van der Waals surface area contributed by atoms with Gasteiger partial charge in [0.05, 0.1) is 27.4 Å². The predicted molar refractivity (Wildman–Crippen MR) is 123 cm³/mol. The second-order valence-electron chi connectivity index (χ2n) is 9.29. The second-order valence-corrected chi connectivity index (χ2v) is 10.1. The van der Waals surface area contributed by atoms with Gasteiger partial charge in [-0.05, 0) is 50.2 Å². The van der Waals surface area contributed by atoms with Crippen LogP contribution in [0.3, 0.4) is 0 Å². The summed E-state index contributed by atoms with van der Waals surface area (Å²) in [6, 6.07) is 6.42. The van der Waals surface area contributed by atoms with E-state index in [4.69, 9.17) is 32.5 Å². The Morgan fingerprint density at radius 1 is 1.18 bits per heavy atom. The molecular formula is C23H27Cl2N3O5. The van der Waals surface area contributed by atoms with E-state index < -0.39 is 17.2 Å². The van der Waals surface area contributed by atoms with Crippen LogP contribution in [-0.2, 0) is 4.79 Å². The first-order chi connectivity index (χ1) is 15.6. The lowest BCUT2D eigenvalue weighted by atomic mass is 9.60. The largest absolute Gasteiger partial charge is 0.484 e. The number of aliphatic hydroxyl groups excluding tert-OH is 1. The van der Waals surface area contributed by atoms with Gasteiger partial charge in [-0.2, -0.15) is 0 Å². The Morgan fingerprint density at radius 2 is 1.91 bits per heavy atom. The highest BCUT2D eigenvalue weighted by Crippen LogP contribution is 2.47. The summed E-state index contributed by atoms with van der Waals surface area (Å²) in [5.41, 5.74) is -0.554. The van der Waals surface area contributed by atoms with Gasteiger partial charge in [-0.3, -0.25) is 9.59 Å². The number of carbonyl (C=O) groups excluding carboxylic acids is 2. The van der Waals surface area contributed by atoms with Crippen molar-refractivity contribution in [1.82, 2.24) is 15.8 Å². The van der Waals surface area contributed by atoms with E-state index in [2.05, 4.69) is 15.8 Å². The fourth-order valence-electron chi connectivity index (χ4n) is 4.66. The molecule has 3 fully saturated rings. The molecule has 1 heterocycles. The van der Waals surface area contributed by atoms with Crippen molar-refractivity contribution in [2.75, 3.05) is 6.61 Å². The Morgan fingerprint density at radius 3 is 2.52 bits per heavy atom. The number of halogens is 2. The molecule has 33 heavy (non-hydrogen) atoms. The number of rotatable bonds is 7. The van der Waals surface area contributed by atoms with Gasteiger partial charge in [0, 0.05) is 17.7 Å². The van der Waals surface area contributed by atoms with Crippen molar-refractivity contribution >= 4 is 35.0 Å². The molecule has 2 amide bonds. The molecule has 1 unspecified atom stereocenters. The third-order valence-corrected chi connectivity index (χ3v) is 7.43. The van der Waals surface area contributed by atoms with Gasteiger partial charge in [-0.25, -0.2) is 0 Å². The fraction of sp³-hybridized carbons (Fsp3) is 0.522. The summed E-state index contributed by atoms with van der Waals surface area (Å²) >= 11 is 11.9. The Kier molecular flexibility index (Phi) is 6.62. The fourth-order valence-corrected chi connectivity index (χ4v) is 4.95. The van der Waals surface area contributed by atoms with E-state index in [-0.39, 0.29) is 30.1 Å². The van der Waals surface area contributed by atoms with Crippen LogP contribution in [0.2, 0.25) is 10.0 Å². The van der Waals surface area contributed by atoms with Crippen molar-refractivity contribution in [3.05, 3.63) is 45.8 Å². The van der Waals surface area contributed by atoms with Gasteiger partial charge in [-0.1, -0.05) is 42.2 Å². The Bertz CT molecular complexity index is 1050. The normalized spacial score (nSPS) is 26.3. The maximum absolute atomic E-state index is 12.7. The number of hydrogen-bond donors (Lipinski definition) is 3. The highest BCUT2D eigenvalue weighted by atomic mass is 35.5. The molecule has 1 aromatic heterocycles. The third-order valence-electron chi connectivity index (χ3n) is 6.69. The van der Waals surface area contributed by atoms with Crippen LogP contribution in [0.25, 0.3) is 0 Å². The first-order valence-corrected chi connectivity index (χ1v) is 11.7. The van der Waals surface area contributed by atoms with E-state index in [1.807, 2.05) is 13.8 Å². The summed E-state index contributed by atoms with van der Waals surface area (Å²) in [5.74, 6) is 0.0819.